The minimum atomic E-state index is -0.926. The van der Waals surface area contributed by atoms with Crippen LogP contribution in [0.3, 0.4) is 0 Å². The van der Waals surface area contributed by atoms with Crippen LogP contribution in [0.15, 0.2) is 17.1 Å². The van der Waals surface area contributed by atoms with Crippen molar-refractivity contribution in [1.29, 1.82) is 0 Å². The molecule has 0 aliphatic rings. The first-order valence-corrected chi connectivity index (χ1v) is 5.24. The van der Waals surface area contributed by atoms with Crippen molar-refractivity contribution in [2.45, 2.75) is 39.0 Å². The first kappa shape index (κ1) is 18.1. The molecule has 0 saturated heterocycles. The van der Waals surface area contributed by atoms with Gasteiger partial charge in [0.1, 0.15) is 0 Å². The van der Waals surface area contributed by atoms with Crippen LogP contribution in [0.5, 0.6) is 0 Å². The van der Waals surface area contributed by atoms with E-state index in [9.17, 15) is 9.90 Å². The Hall–Kier alpha value is -0.320. The maximum Gasteiger partial charge on any atom is 1.00 e. The number of unbranched alkanes of at least 4 members (excludes halogenated alkanes) is 2. The largest absolute Gasteiger partial charge is 1.00 e. The Morgan fingerprint density at radius 3 is 2.69 bits per heavy atom. The summed E-state index contributed by atoms with van der Waals surface area (Å²) in [7, 11) is 0. The van der Waals surface area contributed by atoms with Gasteiger partial charge >= 0.3 is 35.5 Å². The Kier molecular flexibility index (Phi) is 14.4. The molecule has 0 unspecified atom stereocenters. The molecule has 0 saturated carbocycles. The maximum absolute atomic E-state index is 11.0. The van der Waals surface area contributed by atoms with E-state index >= 15 is 0 Å². The van der Waals surface area contributed by atoms with Gasteiger partial charge in [-0.3, -0.25) is 4.79 Å². The third kappa shape index (κ3) is 13.7. The molecule has 0 radical (unpaired) electrons. The van der Waals surface area contributed by atoms with E-state index in [1.165, 1.54) is 0 Å². The smallest absolute Gasteiger partial charge is 0.862 e. The van der Waals surface area contributed by atoms with Crippen molar-refractivity contribution in [3.63, 3.8) is 0 Å². The number of carbonyl (C=O) groups is 1. The third-order valence-electron chi connectivity index (χ3n) is 1.80. The Labute approximate surface area is 119 Å². The standard InChI is InChI=1S/C11H19NO3.Na/c1-2-3-4-5-6-7-10(13)12-9-8-11(14)15;/h5-6H,2-4,7-9H2,1H3,(H,12,13)(H,14,15);/q;+1/p-1/b6-5+;. The van der Waals surface area contributed by atoms with Gasteiger partial charge < -0.3 is 15.2 Å². The van der Waals surface area contributed by atoms with Gasteiger partial charge in [0.25, 0.3) is 0 Å². The van der Waals surface area contributed by atoms with E-state index in [-0.39, 0.29) is 54.8 Å². The van der Waals surface area contributed by atoms with Crippen LogP contribution in [0.2, 0.25) is 0 Å². The van der Waals surface area contributed by atoms with E-state index < -0.39 is 5.97 Å². The fraction of sp³-hybridized carbons (Fsp3) is 0.636. The summed E-state index contributed by atoms with van der Waals surface area (Å²) in [5, 5.41) is 19.4. The van der Waals surface area contributed by atoms with Gasteiger partial charge in [0.15, 0.2) is 0 Å². The average molecular weight is 235 g/mol. The molecule has 16 heavy (non-hydrogen) atoms. The topological polar surface area (TPSA) is 72.7 Å². The monoisotopic (exact) mass is 235 g/mol. The van der Waals surface area contributed by atoms with E-state index in [1.54, 1.807) is 6.08 Å². The van der Waals surface area contributed by atoms with Gasteiger partial charge in [-0.25, -0.2) is 0 Å². The van der Waals surface area contributed by atoms with Crippen molar-refractivity contribution >= 4 is 11.9 Å². The van der Waals surface area contributed by atoms with Crippen molar-refractivity contribution in [3.8, 4) is 0 Å². The molecule has 0 aromatic rings. The molecule has 0 aliphatic carbocycles. The number of rotatable bonds is 8. The molecule has 5 heteroatoms. The predicted octanol–water partition coefficient (Wildman–Crippen LogP) is -1.64. The molecular weight excluding hydrogens is 217 g/mol. The SMILES string of the molecule is CCCC/C=C/CC([O-])=NCCC(=O)O.[Na+]. The van der Waals surface area contributed by atoms with Crippen LogP contribution < -0.4 is 34.7 Å². The van der Waals surface area contributed by atoms with E-state index in [0.29, 0.717) is 0 Å². The second kappa shape index (κ2) is 12.7. The van der Waals surface area contributed by atoms with Gasteiger partial charge in [0, 0.05) is 6.54 Å². The molecule has 0 amide bonds. The number of hydrogen-bond donors (Lipinski definition) is 1. The molecular formula is C11H18NNaO3. The van der Waals surface area contributed by atoms with Crippen molar-refractivity contribution in [2.75, 3.05) is 6.54 Å². The molecule has 86 valence electrons. The van der Waals surface area contributed by atoms with Crippen LogP contribution in [-0.2, 0) is 4.79 Å². The zero-order valence-electron chi connectivity index (χ0n) is 10.1. The van der Waals surface area contributed by atoms with Gasteiger partial charge in [-0.15, -0.1) is 0 Å². The second-order valence-corrected chi connectivity index (χ2v) is 3.24. The molecule has 0 atom stereocenters. The van der Waals surface area contributed by atoms with Gasteiger partial charge in [-0.05, 0) is 18.7 Å². The number of nitrogens with zero attached hydrogens (tertiary/aromatic N) is 1. The van der Waals surface area contributed by atoms with E-state index in [4.69, 9.17) is 5.11 Å². The van der Waals surface area contributed by atoms with Crippen LogP contribution in [-0.4, -0.2) is 23.5 Å². The van der Waals surface area contributed by atoms with Gasteiger partial charge in [0.2, 0.25) is 0 Å². The summed E-state index contributed by atoms with van der Waals surface area (Å²) in [6.45, 7) is 2.19. The van der Waals surface area contributed by atoms with Crippen molar-refractivity contribution < 1.29 is 44.6 Å². The number of allylic oxidation sites excluding steroid dienone is 1. The molecule has 1 N–H and O–H groups in total. The first-order chi connectivity index (χ1) is 7.16. The molecule has 0 rings (SSSR count). The summed E-state index contributed by atoms with van der Waals surface area (Å²) in [6.07, 6.45) is 7.21. The first-order valence-electron chi connectivity index (χ1n) is 5.24. The molecule has 0 aromatic carbocycles. The molecule has 0 aromatic heterocycles. The number of carboxylic acids is 1. The summed E-state index contributed by atoms with van der Waals surface area (Å²) >= 11 is 0. The second-order valence-electron chi connectivity index (χ2n) is 3.24. The van der Waals surface area contributed by atoms with E-state index in [2.05, 4.69) is 11.9 Å². The normalized spacial score (nSPS) is 11.4. The minimum absolute atomic E-state index is 0. The fourth-order valence-corrected chi connectivity index (χ4v) is 0.965. The average Bonchev–Trinajstić information content (AvgIpc) is 2.17. The molecule has 0 fully saturated rings. The molecule has 0 aliphatic heterocycles. The molecule has 0 heterocycles. The summed E-state index contributed by atoms with van der Waals surface area (Å²) in [5.74, 6) is -1.17. The van der Waals surface area contributed by atoms with Crippen molar-refractivity contribution in [1.82, 2.24) is 0 Å². The zero-order valence-corrected chi connectivity index (χ0v) is 12.1. The van der Waals surface area contributed by atoms with Crippen molar-refractivity contribution in [3.05, 3.63) is 12.2 Å². The predicted molar refractivity (Wildman–Crippen MR) is 57.8 cm³/mol. The Bertz CT molecular complexity index is 239. The van der Waals surface area contributed by atoms with Crippen LogP contribution in [0.25, 0.3) is 0 Å². The molecule has 4 nitrogen and oxygen atoms in total. The summed E-state index contributed by atoms with van der Waals surface area (Å²) in [5.41, 5.74) is 0. The zero-order chi connectivity index (χ0) is 11.5. The summed E-state index contributed by atoms with van der Waals surface area (Å²) < 4.78 is 0. The fourth-order valence-electron chi connectivity index (χ4n) is 0.965. The Balaban J connectivity index is 0. The van der Waals surface area contributed by atoms with Crippen LogP contribution in [0.4, 0.5) is 0 Å². The van der Waals surface area contributed by atoms with Gasteiger partial charge in [0.05, 0.1) is 6.42 Å². The van der Waals surface area contributed by atoms with Gasteiger partial charge in [-0.1, -0.05) is 31.9 Å². The van der Waals surface area contributed by atoms with E-state index in [0.717, 1.165) is 19.3 Å². The van der Waals surface area contributed by atoms with Crippen LogP contribution in [0.1, 0.15) is 39.0 Å². The maximum atomic E-state index is 11.0. The number of aliphatic carboxylic acids is 1. The Morgan fingerprint density at radius 1 is 1.44 bits per heavy atom. The van der Waals surface area contributed by atoms with Crippen LogP contribution >= 0.6 is 0 Å². The number of carboxylic acid groups (broad SMARTS) is 1. The molecule has 0 bridgehead atoms. The third-order valence-corrected chi connectivity index (χ3v) is 1.80. The Morgan fingerprint density at radius 2 is 2.12 bits per heavy atom. The molecule has 0 spiro atoms. The summed E-state index contributed by atoms with van der Waals surface area (Å²) in [4.78, 5) is 13.7. The summed E-state index contributed by atoms with van der Waals surface area (Å²) in [6, 6.07) is 0. The minimum Gasteiger partial charge on any atom is -0.862 e. The van der Waals surface area contributed by atoms with Crippen molar-refractivity contribution in [2.24, 2.45) is 4.99 Å². The quantitative estimate of drug-likeness (QED) is 0.180. The van der Waals surface area contributed by atoms with E-state index in [1.807, 2.05) is 6.08 Å². The number of hydrogen-bond acceptors (Lipinski definition) is 3. The number of aliphatic imine (C=N–C) groups is 1. The van der Waals surface area contributed by atoms with Crippen LogP contribution in [0, 0.1) is 0 Å². The van der Waals surface area contributed by atoms with Gasteiger partial charge in [-0.2, -0.15) is 0 Å².